The number of carbonyl (C=O) groups is 1. The predicted molar refractivity (Wildman–Crippen MR) is 63.6 cm³/mol. The van der Waals surface area contributed by atoms with Gasteiger partial charge in [0.05, 0.1) is 5.56 Å². The third-order valence-electron chi connectivity index (χ3n) is 3.12. The highest BCUT2D eigenvalue weighted by molar-refractivity contribution is 6.29. The number of aromatic nitrogens is 1. The maximum Gasteiger partial charge on any atom is 0.255 e. The molecular formula is C12H15ClN2O. The molecule has 0 bridgehead atoms. The standard InChI is InChI=1S/C12H15ClN2O/c1-12(2)6-3-7-15(12)11(16)9-4-5-10(13)14-8-9/h4-5,8H,3,6-7H2,1-2H3. The highest BCUT2D eigenvalue weighted by Gasteiger charge is 2.35. The minimum absolute atomic E-state index is 0.0449. The lowest BCUT2D eigenvalue weighted by molar-refractivity contribution is 0.0651. The van der Waals surface area contributed by atoms with Crippen molar-refractivity contribution in [3.8, 4) is 0 Å². The van der Waals surface area contributed by atoms with Crippen molar-refractivity contribution in [2.75, 3.05) is 6.54 Å². The first-order valence-corrected chi connectivity index (χ1v) is 5.82. The third kappa shape index (κ3) is 2.05. The summed E-state index contributed by atoms with van der Waals surface area (Å²) in [6.07, 6.45) is 3.67. The second kappa shape index (κ2) is 4.06. The van der Waals surface area contributed by atoms with E-state index in [2.05, 4.69) is 18.8 Å². The first-order chi connectivity index (χ1) is 7.50. The molecule has 0 radical (unpaired) electrons. The summed E-state index contributed by atoms with van der Waals surface area (Å²) >= 11 is 5.70. The van der Waals surface area contributed by atoms with Crippen molar-refractivity contribution in [3.63, 3.8) is 0 Å². The SMILES string of the molecule is CC1(C)CCCN1C(=O)c1ccc(Cl)nc1. The summed E-state index contributed by atoms with van der Waals surface area (Å²) in [7, 11) is 0. The third-order valence-corrected chi connectivity index (χ3v) is 3.34. The van der Waals surface area contributed by atoms with Crippen molar-refractivity contribution in [2.45, 2.75) is 32.2 Å². The molecule has 0 N–H and O–H groups in total. The van der Waals surface area contributed by atoms with Crippen LogP contribution in [-0.2, 0) is 0 Å². The van der Waals surface area contributed by atoms with Gasteiger partial charge in [-0.25, -0.2) is 4.98 Å². The Morgan fingerprint density at radius 1 is 1.50 bits per heavy atom. The molecule has 16 heavy (non-hydrogen) atoms. The number of likely N-dealkylation sites (tertiary alicyclic amines) is 1. The van der Waals surface area contributed by atoms with Crippen LogP contribution in [0.25, 0.3) is 0 Å². The molecule has 1 aromatic heterocycles. The van der Waals surface area contributed by atoms with Crippen molar-refractivity contribution < 1.29 is 4.79 Å². The van der Waals surface area contributed by atoms with Gasteiger partial charge in [0, 0.05) is 18.3 Å². The molecule has 1 saturated heterocycles. The normalized spacial score (nSPS) is 18.8. The van der Waals surface area contributed by atoms with Crippen LogP contribution in [0, 0.1) is 0 Å². The van der Waals surface area contributed by atoms with Crippen LogP contribution in [0.1, 0.15) is 37.0 Å². The van der Waals surface area contributed by atoms with E-state index in [0.29, 0.717) is 10.7 Å². The number of hydrogen-bond acceptors (Lipinski definition) is 2. The van der Waals surface area contributed by atoms with Crippen molar-refractivity contribution in [1.29, 1.82) is 0 Å². The Balaban J connectivity index is 2.22. The zero-order valence-corrected chi connectivity index (χ0v) is 10.3. The summed E-state index contributed by atoms with van der Waals surface area (Å²) in [5.41, 5.74) is 0.566. The van der Waals surface area contributed by atoms with Gasteiger partial charge in [-0.05, 0) is 38.8 Å². The van der Waals surface area contributed by atoms with Crippen LogP contribution in [0.2, 0.25) is 5.15 Å². The number of nitrogens with zero attached hydrogens (tertiary/aromatic N) is 2. The van der Waals surface area contributed by atoms with E-state index in [1.165, 1.54) is 0 Å². The van der Waals surface area contributed by atoms with E-state index >= 15 is 0 Å². The Labute approximate surface area is 100 Å². The lowest BCUT2D eigenvalue weighted by Crippen LogP contribution is -2.42. The minimum atomic E-state index is -0.0449. The summed E-state index contributed by atoms with van der Waals surface area (Å²) in [4.78, 5) is 18.1. The Kier molecular flexibility index (Phi) is 2.89. The maximum atomic E-state index is 12.2. The first-order valence-electron chi connectivity index (χ1n) is 5.44. The van der Waals surface area contributed by atoms with E-state index in [4.69, 9.17) is 11.6 Å². The first kappa shape index (κ1) is 11.4. The Hall–Kier alpha value is -1.09. The van der Waals surface area contributed by atoms with Crippen LogP contribution in [0.4, 0.5) is 0 Å². The second-order valence-corrected chi connectivity index (χ2v) is 5.13. The largest absolute Gasteiger partial charge is 0.333 e. The van der Waals surface area contributed by atoms with Crippen LogP contribution >= 0.6 is 11.6 Å². The number of rotatable bonds is 1. The van der Waals surface area contributed by atoms with Gasteiger partial charge in [0.2, 0.25) is 0 Å². The van der Waals surface area contributed by atoms with E-state index in [0.717, 1.165) is 19.4 Å². The van der Waals surface area contributed by atoms with Crippen molar-refractivity contribution >= 4 is 17.5 Å². The fourth-order valence-corrected chi connectivity index (χ4v) is 2.25. The van der Waals surface area contributed by atoms with Gasteiger partial charge in [0.25, 0.3) is 5.91 Å². The van der Waals surface area contributed by atoms with Gasteiger partial charge in [-0.1, -0.05) is 11.6 Å². The van der Waals surface area contributed by atoms with Crippen molar-refractivity contribution in [3.05, 3.63) is 29.0 Å². The molecule has 2 heterocycles. The number of carbonyl (C=O) groups excluding carboxylic acids is 1. The van der Waals surface area contributed by atoms with Gasteiger partial charge < -0.3 is 4.90 Å². The quantitative estimate of drug-likeness (QED) is 0.705. The monoisotopic (exact) mass is 238 g/mol. The van der Waals surface area contributed by atoms with E-state index < -0.39 is 0 Å². The molecule has 86 valence electrons. The molecule has 1 aliphatic heterocycles. The highest BCUT2D eigenvalue weighted by atomic mass is 35.5. The molecule has 1 aliphatic rings. The van der Waals surface area contributed by atoms with E-state index in [-0.39, 0.29) is 11.4 Å². The molecule has 3 nitrogen and oxygen atoms in total. The fraction of sp³-hybridized carbons (Fsp3) is 0.500. The summed E-state index contributed by atoms with van der Waals surface area (Å²) < 4.78 is 0. The fourth-order valence-electron chi connectivity index (χ4n) is 2.14. The van der Waals surface area contributed by atoms with Gasteiger partial charge in [-0.15, -0.1) is 0 Å². The number of halogens is 1. The van der Waals surface area contributed by atoms with Gasteiger partial charge in [-0.3, -0.25) is 4.79 Å². The summed E-state index contributed by atoms with van der Waals surface area (Å²) in [6.45, 7) is 5.02. The number of pyridine rings is 1. The molecule has 0 spiro atoms. The molecule has 0 saturated carbocycles. The van der Waals surface area contributed by atoms with E-state index in [1.807, 2.05) is 4.90 Å². The molecule has 0 aliphatic carbocycles. The molecule has 4 heteroatoms. The smallest absolute Gasteiger partial charge is 0.255 e. The van der Waals surface area contributed by atoms with Gasteiger partial charge >= 0.3 is 0 Å². The zero-order valence-electron chi connectivity index (χ0n) is 9.53. The molecule has 0 unspecified atom stereocenters. The predicted octanol–water partition coefficient (Wildman–Crippen LogP) is 2.75. The maximum absolute atomic E-state index is 12.2. The lowest BCUT2D eigenvalue weighted by atomic mass is 10.0. The van der Waals surface area contributed by atoms with Crippen LogP contribution in [-0.4, -0.2) is 27.9 Å². The molecule has 2 rings (SSSR count). The summed E-state index contributed by atoms with van der Waals surface area (Å²) in [5.74, 6) is 0.0478. The Bertz CT molecular complexity index is 400. The van der Waals surface area contributed by atoms with Crippen LogP contribution in [0.5, 0.6) is 0 Å². The van der Waals surface area contributed by atoms with Gasteiger partial charge in [0.15, 0.2) is 0 Å². The minimum Gasteiger partial charge on any atom is -0.333 e. The zero-order chi connectivity index (χ0) is 11.8. The van der Waals surface area contributed by atoms with Crippen molar-refractivity contribution in [2.24, 2.45) is 0 Å². The van der Waals surface area contributed by atoms with E-state index in [9.17, 15) is 4.79 Å². The van der Waals surface area contributed by atoms with Gasteiger partial charge in [0.1, 0.15) is 5.15 Å². The topological polar surface area (TPSA) is 33.2 Å². The number of hydrogen-bond donors (Lipinski definition) is 0. The molecule has 1 amide bonds. The summed E-state index contributed by atoms with van der Waals surface area (Å²) in [5, 5.41) is 0.414. The van der Waals surface area contributed by atoms with Crippen LogP contribution in [0.3, 0.4) is 0 Å². The molecule has 0 aromatic carbocycles. The highest BCUT2D eigenvalue weighted by Crippen LogP contribution is 2.29. The van der Waals surface area contributed by atoms with E-state index in [1.54, 1.807) is 18.3 Å². The molecule has 0 atom stereocenters. The average Bonchev–Trinajstić information content (AvgIpc) is 2.58. The Morgan fingerprint density at radius 2 is 2.25 bits per heavy atom. The average molecular weight is 239 g/mol. The number of amides is 1. The molecular weight excluding hydrogens is 224 g/mol. The second-order valence-electron chi connectivity index (χ2n) is 4.74. The lowest BCUT2D eigenvalue weighted by Gasteiger charge is -2.31. The van der Waals surface area contributed by atoms with Gasteiger partial charge in [-0.2, -0.15) is 0 Å². The summed E-state index contributed by atoms with van der Waals surface area (Å²) in [6, 6.07) is 3.38. The Morgan fingerprint density at radius 3 is 2.75 bits per heavy atom. The molecule has 1 aromatic rings. The molecule has 1 fully saturated rings. The van der Waals surface area contributed by atoms with Crippen molar-refractivity contribution in [1.82, 2.24) is 9.88 Å². The van der Waals surface area contributed by atoms with Crippen LogP contribution < -0.4 is 0 Å². The van der Waals surface area contributed by atoms with Crippen LogP contribution in [0.15, 0.2) is 18.3 Å².